The Hall–Kier alpha value is -2.37. The molecule has 1 aliphatic heterocycles. The van der Waals surface area contributed by atoms with Crippen molar-refractivity contribution in [2.24, 2.45) is 5.92 Å². The van der Waals surface area contributed by atoms with Gasteiger partial charge in [0, 0.05) is 13.1 Å². The van der Waals surface area contributed by atoms with Crippen molar-refractivity contribution in [3.8, 4) is 0 Å². The summed E-state index contributed by atoms with van der Waals surface area (Å²) >= 11 is 0. The summed E-state index contributed by atoms with van der Waals surface area (Å²) < 4.78 is 0. The highest BCUT2D eigenvalue weighted by Gasteiger charge is 2.30. The van der Waals surface area contributed by atoms with Crippen LogP contribution in [0, 0.1) is 5.92 Å². The minimum absolute atomic E-state index is 0.00877. The molecule has 26 heavy (non-hydrogen) atoms. The molecule has 1 aromatic carbocycles. The Morgan fingerprint density at radius 1 is 1.27 bits per heavy atom. The molecule has 0 aliphatic carbocycles. The highest BCUT2D eigenvalue weighted by Crippen LogP contribution is 2.18. The molecule has 0 bridgehead atoms. The van der Waals surface area contributed by atoms with Crippen molar-refractivity contribution < 1.29 is 19.5 Å². The third-order valence-electron chi connectivity index (χ3n) is 4.80. The zero-order chi connectivity index (χ0) is 18.9. The Morgan fingerprint density at radius 3 is 2.65 bits per heavy atom. The predicted octanol–water partition coefficient (Wildman–Crippen LogP) is 2.23. The third-order valence-corrected chi connectivity index (χ3v) is 4.80. The monoisotopic (exact) mass is 360 g/mol. The fourth-order valence-electron chi connectivity index (χ4n) is 3.26. The topological polar surface area (TPSA) is 86.7 Å². The van der Waals surface area contributed by atoms with Gasteiger partial charge in [0.2, 0.25) is 11.8 Å². The number of carboxylic acid groups (broad SMARTS) is 1. The van der Waals surface area contributed by atoms with E-state index in [2.05, 4.69) is 5.32 Å². The first-order valence-corrected chi connectivity index (χ1v) is 9.36. The van der Waals surface area contributed by atoms with E-state index in [9.17, 15) is 19.5 Å². The first-order valence-electron chi connectivity index (χ1n) is 9.36. The number of hydrogen-bond donors (Lipinski definition) is 2. The maximum atomic E-state index is 12.5. The van der Waals surface area contributed by atoms with E-state index >= 15 is 0 Å². The van der Waals surface area contributed by atoms with Gasteiger partial charge in [0.1, 0.15) is 6.04 Å². The number of hydrogen-bond acceptors (Lipinski definition) is 3. The highest BCUT2D eigenvalue weighted by molar-refractivity contribution is 5.86. The molecule has 1 unspecified atom stereocenters. The minimum atomic E-state index is -1.00. The van der Waals surface area contributed by atoms with Gasteiger partial charge in [-0.15, -0.1) is 0 Å². The largest absolute Gasteiger partial charge is 0.480 e. The number of carboxylic acids is 1. The summed E-state index contributed by atoms with van der Waals surface area (Å²) in [4.78, 5) is 38.0. The number of benzene rings is 1. The second kappa shape index (κ2) is 9.94. The van der Waals surface area contributed by atoms with E-state index in [-0.39, 0.29) is 17.7 Å². The molecule has 0 radical (unpaired) electrons. The molecule has 1 aliphatic rings. The van der Waals surface area contributed by atoms with Crippen molar-refractivity contribution in [2.75, 3.05) is 13.1 Å². The molecule has 0 aromatic heterocycles. The molecule has 0 spiro atoms. The van der Waals surface area contributed by atoms with E-state index in [0.717, 1.165) is 24.8 Å². The first kappa shape index (κ1) is 19.9. The Bertz CT molecular complexity index is 617. The standard InChI is InChI=1S/C20H28N2O4/c1-2-3-11-17(20(25)26)21-19(24)16-10-7-12-22(14-16)18(23)13-15-8-5-4-6-9-15/h4-6,8-9,16-17H,2-3,7,10-14H2,1H3,(H,21,24)(H,25,26)/t16?,17-/m0/s1. The molecule has 2 atom stereocenters. The highest BCUT2D eigenvalue weighted by atomic mass is 16.4. The Labute approximate surface area is 154 Å². The number of aliphatic carboxylic acids is 1. The molecule has 1 saturated heterocycles. The lowest BCUT2D eigenvalue weighted by Gasteiger charge is -2.32. The van der Waals surface area contributed by atoms with Crippen LogP contribution in [0.3, 0.4) is 0 Å². The number of nitrogens with zero attached hydrogens (tertiary/aromatic N) is 1. The van der Waals surface area contributed by atoms with E-state index < -0.39 is 12.0 Å². The Balaban J connectivity index is 1.90. The molecule has 2 rings (SSSR count). The van der Waals surface area contributed by atoms with Gasteiger partial charge in [-0.05, 0) is 24.8 Å². The summed E-state index contributed by atoms with van der Waals surface area (Å²) in [5.41, 5.74) is 0.953. The number of unbranched alkanes of at least 4 members (excludes halogenated alkanes) is 1. The normalized spacial score (nSPS) is 18.2. The second-order valence-electron chi connectivity index (χ2n) is 6.88. The van der Waals surface area contributed by atoms with E-state index in [1.165, 1.54) is 0 Å². The van der Waals surface area contributed by atoms with Crippen molar-refractivity contribution in [3.63, 3.8) is 0 Å². The molecule has 1 fully saturated rings. The lowest BCUT2D eigenvalue weighted by molar-refractivity contribution is -0.144. The van der Waals surface area contributed by atoms with Crippen molar-refractivity contribution >= 4 is 17.8 Å². The smallest absolute Gasteiger partial charge is 0.326 e. The Kier molecular flexibility index (Phi) is 7.63. The third kappa shape index (κ3) is 5.86. The molecule has 2 N–H and O–H groups in total. The van der Waals surface area contributed by atoms with Crippen LogP contribution in [-0.2, 0) is 20.8 Å². The fourth-order valence-corrected chi connectivity index (χ4v) is 3.26. The van der Waals surface area contributed by atoms with Crippen LogP contribution >= 0.6 is 0 Å². The minimum Gasteiger partial charge on any atom is -0.480 e. The van der Waals surface area contributed by atoms with Crippen LogP contribution < -0.4 is 5.32 Å². The van der Waals surface area contributed by atoms with Gasteiger partial charge in [-0.25, -0.2) is 4.79 Å². The molecule has 1 heterocycles. The van der Waals surface area contributed by atoms with Crippen molar-refractivity contribution in [1.29, 1.82) is 0 Å². The molecular formula is C20H28N2O4. The van der Waals surface area contributed by atoms with Crippen LogP contribution in [0.1, 0.15) is 44.6 Å². The first-order chi connectivity index (χ1) is 12.5. The number of amides is 2. The molecule has 1 aromatic rings. The number of carbonyl (C=O) groups excluding carboxylic acids is 2. The van der Waals surface area contributed by atoms with Crippen molar-refractivity contribution in [3.05, 3.63) is 35.9 Å². The van der Waals surface area contributed by atoms with E-state index in [1.807, 2.05) is 37.3 Å². The number of piperidine rings is 1. The van der Waals surface area contributed by atoms with Crippen molar-refractivity contribution in [2.45, 2.75) is 51.5 Å². The van der Waals surface area contributed by atoms with Crippen LogP contribution in [0.25, 0.3) is 0 Å². The number of likely N-dealkylation sites (tertiary alicyclic amines) is 1. The average Bonchev–Trinajstić information content (AvgIpc) is 2.65. The summed E-state index contributed by atoms with van der Waals surface area (Å²) in [5, 5.41) is 11.9. The maximum Gasteiger partial charge on any atom is 0.326 e. The molecule has 6 heteroatoms. The maximum absolute atomic E-state index is 12.5. The summed E-state index contributed by atoms with van der Waals surface area (Å²) in [5.74, 6) is -1.59. The SMILES string of the molecule is CCCC[C@H](NC(=O)C1CCCN(C(=O)Cc2ccccc2)C1)C(=O)O. The summed E-state index contributed by atoms with van der Waals surface area (Å²) in [6, 6.07) is 8.69. The summed E-state index contributed by atoms with van der Waals surface area (Å²) in [7, 11) is 0. The van der Waals surface area contributed by atoms with Gasteiger partial charge >= 0.3 is 5.97 Å². The van der Waals surface area contributed by atoms with Gasteiger partial charge in [0.05, 0.1) is 12.3 Å². The van der Waals surface area contributed by atoms with Crippen molar-refractivity contribution in [1.82, 2.24) is 10.2 Å². The van der Waals surface area contributed by atoms with Gasteiger partial charge in [-0.3, -0.25) is 9.59 Å². The van der Waals surface area contributed by atoms with Crippen LogP contribution in [0.15, 0.2) is 30.3 Å². The molecule has 142 valence electrons. The van der Waals surface area contributed by atoms with Crippen LogP contribution in [0.4, 0.5) is 0 Å². The fraction of sp³-hybridized carbons (Fsp3) is 0.550. The summed E-state index contributed by atoms with van der Waals surface area (Å²) in [6.45, 7) is 2.99. The zero-order valence-electron chi connectivity index (χ0n) is 15.3. The molecule has 2 amide bonds. The molecule has 6 nitrogen and oxygen atoms in total. The van der Waals surface area contributed by atoms with E-state index in [0.29, 0.717) is 32.4 Å². The van der Waals surface area contributed by atoms with Crippen LogP contribution in [0.2, 0.25) is 0 Å². The van der Waals surface area contributed by atoms with Gasteiger partial charge in [0.15, 0.2) is 0 Å². The number of rotatable bonds is 8. The van der Waals surface area contributed by atoms with E-state index in [1.54, 1.807) is 4.90 Å². The number of carbonyl (C=O) groups is 3. The second-order valence-corrected chi connectivity index (χ2v) is 6.88. The van der Waals surface area contributed by atoms with Crippen LogP contribution in [-0.4, -0.2) is 46.9 Å². The lowest BCUT2D eigenvalue weighted by Crippen LogP contribution is -2.49. The van der Waals surface area contributed by atoms with Gasteiger partial charge < -0.3 is 15.3 Å². The van der Waals surface area contributed by atoms with E-state index in [4.69, 9.17) is 0 Å². The zero-order valence-corrected chi connectivity index (χ0v) is 15.3. The van der Waals surface area contributed by atoms with Crippen LogP contribution in [0.5, 0.6) is 0 Å². The number of nitrogens with one attached hydrogen (secondary N) is 1. The van der Waals surface area contributed by atoms with Gasteiger partial charge in [0.25, 0.3) is 0 Å². The molecule has 0 saturated carbocycles. The quantitative estimate of drug-likeness (QED) is 0.744. The predicted molar refractivity (Wildman–Crippen MR) is 98.5 cm³/mol. The van der Waals surface area contributed by atoms with Gasteiger partial charge in [-0.2, -0.15) is 0 Å². The van der Waals surface area contributed by atoms with Gasteiger partial charge in [-0.1, -0.05) is 50.1 Å². The summed E-state index contributed by atoms with van der Waals surface area (Å²) in [6.07, 6.45) is 3.82. The average molecular weight is 360 g/mol. The molecular weight excluding hydrogens is 332 g/mol. The lowest BCUT2D eigenvalue weighted by atomic mass is 9.95. The Morgan fingerprint density at radius 2 is 2.00 bits per heavy atom.